The molecule has 5 nitrogen and oxygen atoms in total. The monoisotopic (exact) mass is 335 g/mol. The molecule has 2 aromatic carbocycles. The fourth-order valence-corrected chi connectivity index (χ4v) is 3.56. The number of benzene rings is 2. The molecule has 23 heavy (non-hydrogen) atoms. The molecule has 0 aliphatic heterocycles. The average Bonchev–Trinajstić information content (AvgIpc) is 2.54. The van der Waals surface area contributed by atoms with Gasteiger partial charge >= 0.3 is 0 Å². The molecule has 0 amide bonds. The van der Waals surface area contributed by atoms with Crippen molar-refractivity contribution >= 4 is 15.7 Å². The predicted molar refractivity (Wildman–Crippen MR) is 90.9 cm³/mol. The molecule has 0 atom stereocenters. The summed E-state index contributed by atoms with van der Waals surface area (Å²) in [6.07, 6.45) is 0. The van der Waals surface area contributed by atoms with Crippen LogP contribution in [0.15, 0.2) is 47.4 Å². The third-order valence-electron chi connectivity index (χ3n) is 3.49. The fourth-order valence-electron chi connectivity index (χ4n) is 2.29. The zero-order valence-electron chi connectivity index (χ0n) is 13.7. The Morgan fingerprint density at radius 1 is 1.00 bits per heavy atom. The summed E-state index contributed by atoms with van der Waals surface area (Å²) in [4.78, 5) is 0.0397. The minimum absolute atomic E-state index is 0.0397. The molecule has 0 heterocycles. The summed E-state index contributed by atoms with van der Waals surface area (Å²) in [5.74, 6) is 0.907. The Labute approximate surface area is 137 Å². The van der Waals surface area contributed by atoms with E-state index in [0.29, 0.717) is 11.4 Å². The molecular formula is C17H21NO4S. The zero-order valence-corrected chi connectivity index (χ0v) is 14.5. The summed E-state index contributed by atoms with van der Waals surface area (Å²) in [5, 5.41) is 0. The number of hydrogen-bond acceptors (Lipinski definition) is 4. The van der Waals surface area contributed by atoms with Crippen molar-refractivity contribution in [1.29, 1.82) is 0 Å². The van der Waals surface area contributed by atoms with Crippen LogP contribution >= 0.6 is 0 Å². The van der Waals surface area contributed by atoms with Gasteiger partial charge in [-0.05, 0) is 29.7 Å². The van der Waals surface area contributed by atoms with Gasteiger partial charge < -0.3 is 9.47 Å². The van der Waals surface area contributed by atoms with Gasteiger partial charge in [-0.3, -0.25) is 4.72 Å². The highest BCUT2D eigenvalue weighted by molar-refractivity contribution is 7.92. The van der Waals surface area contributed by atoms with Crippen LogP contribution in [-0.4, -0.2) is 22.6 Å². The molecule has 6 heteroatoms. The standard InChI is InChI=1S/C17H21NO4S/c1-12(2)14-7-5-6-8-15(14)18-23(19,20)17-11-13(21-3)9-10-16(17)22-4/h5-12,18H,1-4H3. The molecular weight excluding hydrogens is 314 g/mol. The minimum Gasteiger partial charge on any atom is -0.497 e. The van der Waals surface area contributed by atoms with Gasteiger partial charge in [-0.2, -0.15) is 0 Å². The van der Waals surface area contributed by atoms with Gasteiger partial charge in [0.1, 0.15) is 16.4 Å². The Kier molecular flexibility index (Phi) is 5.15. The van der Waals surface area contributed by atoms with Crippen molar-refractivity contribution in [2.24, 2.45) is 0 Å². The number of para-hydroxylation sites is 1. The van der Waals surface area contributed by atoms with Gasteiger partial charge in [0, 0.05) is 6.07 Å². The van der Waals surface area contributed by atoms with Crippen LogP contribution in [0.3, 0.4) is 0 Å². The normalized spacial score (nSPS) is 11.3. The first kappa shape index (κ1) is 17.1. The van der Waals surface area contributed by atoms with E-state index in [0.717, 1.165) is 5.56 Å². The Hall–Kier alpha value is -2.21. The lowest BCUT2D eigenvalue weighted by molar-refractivity contribution is 0.392. The van der Waals surface area contributed by atoms with Crippen molar-refractivity contribution in [3.05, 3.63) is 48.0 Å². The van der Waals surface area contributed by atoms with E-state index in [2.05, 4.69) is 4.72 Å². The van der Waals surface area contributed by atoms with Crippen LogP contribution in [0.1, 0.15) is 25.3 Å². The van der Waals surface area contributed by atoms with Crippen molar-refractivity contribution in [3.8, 4) is 11.5 Å². The van der Waals surface area contributed by atoms with Crippen LogP contribution in [-0.2, 0) is 10.0 Å². The van der Waals surface area contributed by atoms with Gasteiger partial charge in [0.15, 0.2) is 0 Å². The van der Waals surface area contributed by atoms with Gasteiger partial charge in [-0.1, -0.05) is 32.0 Å². The summed E-state index contributed by atoms with van der Waals surface area (Å²) in [5.41, 5.74) is 1.49. The molecule has 0 spiro atoms. The number of ether oxygens (including phenoxy) is 2. The first-order valence-electron chi connectivity index (χ1n) is 7.23. The summed E-state index contributed by atoms with van der Waals surface area (Å²) >= 11 is 0. The van der Waals surface area contributed by atoms with Crippen molar-refractivity contribution < 1.29 is 17.9 Å². The molecule has 0 radical (unpaired) electrons. The first-order chi connectivity index (χ1) is 10.9. The highest BCUT2D eigenvalue weighted by Gasteiger charge is 2.22. The molecule has 0 aliphatic carbocycles. The second-order valence-corrected chi connectivity index (χ2v) is 7.02. The molecule has 0 saturated heterocycles. The van der Waals surface area contributed by atoms with Crippen molar-refractivity contribution in [2.45, 2.75) is 24.7 Å². The first-order valence-corrected chi connectivity index (χ1v) is 8.71. The minimum atomic E-state index is -3.80. The number of sulfonamides is 1. The molecule has 0 aliphatic rings. The molecule has 0 aromatic heterocycles. The summed E-state index contributed by atoms with van der Waals surface area (Å²) < 4.78 is 38.5. The average molecular weight is 335 g/mol. The lowest BCUT2D eigenvalue weighted by atomic mass is 10.0. The Balaban J connectivity index is 2.48. The molecule has 2 rings (SSSR count). The SMILES string of the molecule is COc1ccc(OC)c(S(=O)(=O)Nc2ccccc2C(C)C)c1. The Bertz CT molecular complexity index is 785. The summed E-state index contributed by atoms with van der Waals surface area (Å²) in [6, 6.07) is 12.0. The van der Waals surface area contributed by atoms with E-state index < -0.39 is 10.0 Å². The van der Waals surface area contributed by atoms with E-state index in [9.17, 15) is 8.42 Å². The van der Waals surface area contributed by atoms with Crippen LogP contribution < -0.4 is 14.2 Å². The maximum Gasteiger partial charge on any atom is 0.265 e. The number of hydrogen-bond donors (Lipinski definition) is 1. The smallest absolute Gasteiger partial charge is 0.265 e. The van der Waals surface area contributed by atoms with Gasteiger partial charge in [-0.25, -0.2) is 8.42 Å². The highest BCUT2D eigenvalue weighted by Crippen LogP contribution is 2.31. The molecule has 0 saturated carbocycles. The van der Waals surface area contributed by atoms with E-state index in [-0.39, 0.29) is 16.6 Å². The van der Waals surface area contributed by atoms with E-state index in [4.69, 9.17) is 9.47 Å². The fraction of sp³-hybridized carbons (Fsp3) is 0.294. The predicted octanol–water partition coefficient (Wildman–Crippen LogP) is 3.63. The highest BCUT2D eigenvalue weighted by atomic mass is 32.2. The van der Waals surface area contributed by atoms with E-state index in [1.54, 1.807) is 24.3 Å². The van der Waals surface area contributed by atoms with E-state index in [1.807, 2.05) is 26.0 Å². The number of rotatable bonds is 6. The largest absolute Gasteiger partial charge is 0.497 e. The Morgan fingerprint density at radius 3 is 2.30 bits per heavy atom. The van der Waals surface area contributed by atoms with Crippen LogP contribution in [0.5, 0.6) is 11.5 Å². The molecule has 0 unspecified atom stereocenters. The molecule has 0 bridgehead atoms. The van der Waals surface area contributed by atoms with Gasteiger partial charge in [0.25, 0.3) is 10.0 Å². The molecule has 2 aromatic rings. The van der Waals surface area contributed by atoms with Crippen LogP contribution in [0.4, 0.5) is 5.69 Å². The summed E-state index contributed by atoms with van der Waals surface area (Å²) in [6.45, 7) is 4.03. The van der Waals surface area contributed by atoms with Crippen LogP contribution in [0, 0.1) is 0 Å². The lowest BCUT2D eigenvalue weighted by Gasteiger charge is -2.16. The quantitative estimate of drug-likeness (QED) is 0.875. The molecule has 124 valence electrons. The van der Waals surface area contributed by atoms with Gasteiger partial charge in [0.2, 0.25) is 0 Å². The second-order valence-electron chi connectivity index (χ2n) is 5.36. The van der Waals surface area contributed by atoms with Crippen LogP contribution in [0.2, 0.25) is 0 Å². The topological polar surface area (TPSA) is 64.6 Å². The van der Waals surface area contributed by atoms with E-state index >= 15 is 0 Å². The zero-order chi connectivity index (χ0) is 17.0. The lowest BCUT2D eigenvalue weighted by Crippen LogP contribution is -2.15. The molecule has 0 fully saturated rings. The van der Waals surface area contributed by atoms with Crippen LogP contribution in [0.25, 0.3) is 0 Å². The third-order valence-corrected chi connectivity index (χ3v) is 4.87. The van der Waals surface area contributed by atoms with Crippen molar-refractivity contribution in [1.82, 2.24) is 0 Å². The van der Waals surface area contributed by atoms with Gasteiger partial charge in [-0.15, -0.1) is 0 Å². The number of methoxy groups -OCH3 is 2. The molecule has 1 N–H and O–H groups in total. The maximum atomic E-state index is 12.8. The number of anilines is 1. The third kappa shape index (κ3) is 3.76. The maximum absolute atomic E-state index is 12.8. The Morgan fingerprint density at radius 2 is 1.70 bits per heavy atom. The summed E-state index contributed by atoms with van der Waals surface area (Å²) in [7, 11) is -0.880. The number of nitrogens with one attached hydrogen (secondary N) is 1. The van der Waals surface area contributed by atoms with E-state index in [1.165, 1.54) is 20.3 Å². The van der Waals surface area contributed by atoms with Crippen molar-refractivity contribution in [3.63, 3.8) is 0 Å². The second kappa shape index (κ2) is 6.91. The van der Waals surface area contributed by atoms with Crippen molar-refractivity contribution in [2.75, 3.05) is 18.9 Å². The van der Waals surface area contributed by atoms with Gasteiger partial charge in [0.05, 0.1) is 19.9 Å².